The number of benzene rings is 1. The van der Waals surface area contributed by atoms with Crippen molar-refractivity contribution in [3.05, 3.63) is 29.8 Å². The number of hydrogen-bond acceptors (Lipinski definition) is 4. The Hall–Kier alpha value is -1.60. The topological polar surface area (TPSA) is 82.0 Å². The summed E-state index contributed by atoms with van der Waals surface area (Å²) in [4.78, 5) is 6.63. The number of likely N-dealkylation sites (tertiary alicyclic amines) is 1. The highest BCUT2D eigenvalue weighted by atomic mass is 32.2. The first kappa shape index (κ1) is 20.7. The molecule has 0 bridgehead atoms. The fourth-order valence-electron chi connectivity index (χ4n) is 2.99. The minimum Gasteiger partial charge on any atom is -0.393 e. The van der Waals surface area contributed by atoms with Crippen molar-refractivity contribution in [2.75, 3.05) is 32.4 Å². The molecule has 0 aromatic heterocycles. The van der Waals surface area contributed by atoms with Gasteiger partial charge in [-0.3, -0.25) is 4.99 Å². The number of nitrogens with one attached hydrogen (secondary N) is 1. The van der Waals surface area contributed by atoms with E-state index in [1.54, 1.807) is 19.2 Å². The molecule has 0 spiro atoms. The van der Waals surface area contributed by atoms with E-state index in [0.29, 0.717) is 30.2 Å². The van der Waals surface area contributed by atoms with Crippen LogP contribution in [0, 0.1) is 0 Å². The molecule has 0 saturated carbocycles. The van der Waals surface area contributed by atoms with Crippen LogP contribution in [0.5, 0.6) is 0 Å². The Morgan fingerprint density at radius 3 is 2.31 bits per heavy atom. The van der Waals surface area contributed by atoms with Crippen molar-refractivity contribution in [1.82, 2.24) is 10.2 Å². The van der Waals surface area contributed by atoms with Gasteiger partial charge in [-0.05, 0) is 36.0 Å². The van der Waals surface area contributed by atoms with E-state index in [4.69, 9.17) is 0 Å². The maximum absolute atomic E-state index is 12.6. The van der Waals surface area contributed by atoms with Crippen molar-refractivity contribution in [1.29, 1.82) is 0 Å². The summed E-state index contributed by atoms with van der Waals surface area (Å²) in [7, 11) is -1.65. The average molecular weight is 382 g/mol. The highest BCUT2D eigenvalue weighted by Gasteiger charge is 2.21. The molecule has 146 valence electrons. The summed E-state index contributed by atoms with van der Waals surface area (Å²) in [5.74, 6) is 0.701. The first-order chi connectivity index (χ1) is 12.1. The molecular weight excluding hydrogens is 350 g/mol. The van der Waals surface area contributed by atoms with Gasteiger partial charge in [0.2, 0.25) is 0 Å². The predicted octanol–water partition coefficient (Wildman–Crippen LogP) is 1.79. The van der Waals surface area contributed by atoms with Crippen LogP contribution < -0.4 is 5.32 Å². The zero-order chi connectivity index (χ0) is 19.4. The summed E-state index contributed by atoms with van der Waals surface area (Å²) in [5, 5.41) is 12.7. The lowest BCUT2D eigenvalue weighted by Crippen LogP contribution is -2.47. The van der Waals surface area contributed by atoms with Gasteiger partial charge in [0.1, 0.15) is 0 Å². The number of aliphatic hydroxyl groups is 1. The van der Waals surface area contributed by atoms with E-state index in [1.807, 2.05) is 12.1 Å². The highest BCUT2D eigenvalue weighted by Crippen LogP contribution is 2.23. The van der Waals surface area contributed by atoms with Gasteiger partial charge in [0.05, 0.1) is 16.8 Å². The number of rotatable bonds is 4. The zero-order valence-corrected chi connectivity index (χ0v) is 17.0. The Labute approximate surface area is 157 Å². The van der Waals surface area contributed by atoms with Crippen LogP contribution in [0.2, 0.25) is 0 Å². The van der Waals surface area contributed by atoms with Gasteiger partial charge >= 0.3 is 0 Å². The molecule has 1 aromatic carbocycles. The molecule has 1 heterocycles. The van der Waals surface area contributed by atoms with E-state index in [0.717, 1.165) is 18.7 Å². The molecule has 6 nitrogen and oxygen atoms in total. The molecule has 0 radical (unpaired) electrons. The van der Waals surface area contributed by atoms with Crippen LogP contribution in [0.15, 0.2) is 34.2 Å². The van der Waals surface area contributed by atoms with Crippen molar-refractivity contribution >= 4 is 15.8 Å². The molecule has 0 amide bonds. The van der Waals surface area contributed by atoms with Crippen LogP contribution >= 0.6 is 0 Å². The second kappa shape index (κ2) is 8.39. The lowest BCUT2D eigenvalue weighted by atomic mass is 9.87. The molecule has 0 aliphatic carbocycles. The van der Waals surface area contributed by atoms with Crippen molar-refractivity contribution in [3.63, 3.8) is 0 Å². The molecule has 2 N–H and O–H groups in total. The van der Waals surface area contributed by atoms with Gasteiger partial charge in [-0.1, -0.05) is 32.9 Å². The molecule has 0 atom stereocenters. The average Bonchev–Trinajstić information content (AvgIpc) is 2.59. The molecule has 7 heteroatoms. The molecule has 2 rings (SSSR count). The van der Waals surface area contributed by atoms with E-state index < -0.39 is 9.84 Å². The molecule has 0 unspecified atom stereocenters. The Balaban J connectivity index is 1.93. The highest BCUT2D eigenvalue weighted by molar-refractivity contribution is 7.91. The van der Waals surface area contributed by atoms with Crippen LogP contribution in [0.4, 0.5) is 0 Å². The van der Waals surface area contributed by atoms with Crippen molar-refractivity contribution in [2.45, 2.75) is 50.0 Å². The van der Waals surface area contributed by atoms with Crippen molar-refractivity contribution < 1.29 is 13.5 Å². The normalized spacial score (nSPS) is 17.4. The Morgan fingerprint density at radius 2 is 1.81 bits per heavy atom. The quantitative estimate of drug-likeness (QED) is 0.614. The smallest absolute Gasteiger partial charge is 0.193 e. The number of piperidine rings is 1. The largest absolute Gasteiger partial charge is 0.393 e. The summed E-state index contributed by atoms with van der Waals surface area (Å²) >= 11 is 0. The Kier molecular flexibility index (Phi) is 6.69. The zero-order valence-electron chi connectivity index (χ0n) is 16.2. The third-order valence-corrected chi connectivity index (χ3v) is 6.44. The Bertz CT molecular complexity index is 713. The second-order valence-corrected chi connectivity index (χ2v) is 9.89. The lowest BCUT2D eigenvalue weighted by Gasteiger charge is -2.32. The SMILES string of the molecule is CN=C(NCCS(=O)(=O)c1ccc(C(C)(C)C)cc1)N1CCC(O)CC1. The number of aliphatic imine (C=N–C) groups is 1. The van der Waals surface area contributed by atoms with Gasteiger partial charge in [0.15, 0.2) is 15.8 Å². The lowest BCUT2D eigenvalue weighted by molar-refractivity contribution is 0.108. The molecule has 1 aliphatic rings. The third kappa shape index (κ3) is 5.45. The van der Waals surface area contributed by atoms with Crippen LogP contribution in [-0.2, 0) is 15.3 Å². The molecule has 1 saturated heterocycles. The number of guanidine groups is 1. The van der Waals surface area contributed by atoms with Gasteiger partial charge in [0.25, 0.3) is 0 Å². The van der Waals surface area contributed by atoms with Crippen LogP contribution in [-0.4, -0.2) is 62.9 Å². The summed E-state index contributed by atoms with van der Waals surface area (Å²) in [6.07, 6.45) is 1.17. The standard InChI is InChI=1S/C19H31N3O3S/c1-19(2,3)15-5-7-17(8-6-15)26(24,25)14-11-21-18(20-4)22-12-9-16(23)10-13-22/h5-8,16,23H,9-14H2,1-4H3,(H,20,21). The van der Waals surface area contributed by atoms with Gasteiger partial charge in [-0.15, -0.1) is 0 Å². The predicted molar refractivity (Wildman–Crippen MR) is 105 cm³/mol. The summed E-state index contributed by atoms with van der Waals surface area (Å²) < 4.78 is 25.1. The van der Waals surface area contributed by atoms with E-state index >= 15 is 0 Å². The molecule has 26 heavy (non-hydrogen) atoms. The minimum atomic E-state index is -3.34. The number of sulfone groups is 1. The fraction of sp³-hybridized carbons (Fsp3) is 0.632. The van der Waals surface area contributed by atoms with Crippen molar-refractivity contribution in [2.24, 2.45) is 4.99 Å². The maximum atomic E-state index is 12.6. The van der Waals surface area contributed by atoms with E-state index in [1.165, 1.54) is 0 Å². The van der Waals surface area contributed by atoms with Crippen molar-refractivity contribution in [3.8, 4) is 0 Å². The second-order valence-electron chi connectivity index (χ2n) is 7.79. The molecule has 1 aromatic rings. The minimum absolute atomic E-state index is 0.00163. The number of hydrogen-bond donors (Lipinski definition) is 2. The van der Waals surface area contributed by atoms with E-state index in [2.05, 4.69) is 36.0 Å². The monoisotopic (exact) mass is 381 g/mol. The van der Waals surface area contributed by atoms with Crippen LogP contribution in [0.1, 0.15) is 39.2 Å². The fourth-order valence-corrected chi connectivity index (χ4v) is 4.14. The van der Waals surface area contributed by atoms with Gasteiger partial charge in [-0.25, -0.2) is 8.42 Å². The number of nitrogens with zero attached hydrogens (tertiary/aromatic N) is 2. The first-order valence-corrected chi connectivity index (χ1v) is 10.8. The van der Waals surface area contributed by atoms with E-state index in [9.17, 15) is 13.5 Å². The summed E-state index contributed by atoms with van der Waals surface area (Å²) in [6, 6.07) is 7.16. The maximum Gasteiger partial charge on any atom is 0.193 e. The third-order valence-electron chi connectivity index (χ3n) is 4.71. The molecule has 1 fully saturated rings. The number of aliphatic hydroxyl groups excluding tert-OH is 1. The Morgan fingerprint density at radius 1 is 1.23 bits per heavy atom. The van der Waals surface area contributed by atoms with Gasteiger partial charge in [-0.2, -0.15) is 0 Å². The van der Waals surface area contributed by atoms with Crippen LogP contribution in [0.3, 0.4) is 0 Å². The summed E-state index contributed by atoms with van der Waals surface area (Å²) in [6.45, 7) is 8.06. The molecular formula is C19H31N3O3S. The van der Waals surface area contributed by atoms with Gasteiger partial charge < -0.3 is 15.3 Å². The molecule has 1 aliphatic heterocycles. The van der Waals surface area contributed by atoms with Gasteiger partial charge in [0, 0.05) is 26.7 Å². The summed E-state index contributed by atoms with van der Waals surface area (Å²) in [5.41, 5.74) is 1.11. The van der Waals surface area contributed by atoms with E-state index in [-0.39, 0.29) is 17.3 Å². The van der Waals surface area contributed by atoms with Crippen LogP contribution in [0.25, 0.3) is 0 Å². The first-order valence-electron chi connectivity index (χ1n) is 9.10.